The molecule has 0 saturated carbocycles. The predicted molar refractivity (Wildman–Crippen MR) is 49.4 cm³/mol. The minimum atomic E-state index is -0.513. The van der Waals surface area contributed by atoms with Crippen LogP contribution in [0, 0.1) is 0 Å². The number of hydrogen-bond donors (Lipinski definition) is 0. The molecular weight excluding hydrogens is 184 g/mol. The van der Waals surface area contributed by atoms with Gasteiger partial charge in [0.05, 0.1) is 0 Å². The predicted octanol–water partition coefficient (Wildman–Crippen LogP) is 0.976. The van der Waals surface area contributed by atoms with Gasteiger partial charge in [-0.2, -0.15) is 0 Å². The van der Waals surface area contributed by atoms with Gasteiger partial charge in [0.15, 0.2) is 12.2 Å². The SMILES string of the molecule is CC=CC1OC(=O)C=CC1OC(C)=O. The van der Waals surface area contributed by atoms with Crippen molar-refractivity contribution >= 4 is 11.9 Å². The fourth-order valence-electron chi connectivity index (χ4n) is 1.16. The van der Waals surface area contributed by atoms with Crippen molar-refractivity contribution in [3.8, 4) is 0 Å². The molecular formula is C10H12O4. The maximum Gasteiger partial charge on any atom is 0.331 e. The maximum atomic E-state index is 10.9. The Morgan fingerprint density at radius 3 is 2.93 bits per heavy atom. The number of carbonyl (C=O) groups excluding carboxylic acids is 2. The van der Waals surface area contributed by atoms with E-state index in [2.05, 4.69) is 0 Å². The molecule has 0 spiro atoms. The van der Waals surface area contributed by atoms with Gasteiger partial charge in [0.1, 0.15) is 0 Å². The van der Waals surface area contributed by atoms with Crippen molar-refractivity contribution in [3.63, 3.8) is 0 Å². The van der Waals surface area contributed by atoms with E-state index < -0.39 is 24.1 Å². The monoisotopic (exact) mass is 196 g/mol. The van der Waals surface area contributed by atoms with Crippen molar-refractivity contribution in [1.29, 1.82) is 0 Å². The van der Waals surface area contributed by atoms with Crippen LogP contribution < -0.4 is 0 Å². The zero-order chi connectivity index (χ0) is 10.6. The topological polar surface area (TPSA) is 52.6 Å². The van der Waals surface area contributed by atoms with Gasteiger partial charge < -0.3 is 9.47 Å². The average Bonchev–Trinajstić information content (AvgIpc) is 2.09. The Morgan fingerprint density at radius 1 is 1.64 bits per heavy atom. The van der Waals surface area contributed by atoms with Crippen LogP contribution >= 0.6 is 0 Å². The van der Waals surface area contributed by atoms with Crippen LogP contribution in [-0.2, 0) is 19.1 Å². The number of esters is 2. The van der Waals surface area contributed by atoms with Crippen LogP contribution in [0.2, 0.25) is 0 Å². The minimum absolute atomic E-state index is 0.396. The van der Waals surface area contributed by atoms with E-state index in [4.69, 9.17) is 9.47 Å². The van der Waals surface area contributed by atoms with Crippen molar-refractivity contribution in [2.45, 2.75) is 26.1 Å². The molecule has 76 valence electrons. The molecule has 0 aromatic carbocycles. The molecule has 0 radical (unpaired) electrons. The number of hydrogen-bond acceptors (Lipinski definition) is 4. The second kappa shape index (κ2) is 4.60. The van der Waals surface area contributed by atoms with Crippen molar-refractivity contribution in [2.24, 2.45) is 0 Å². The largest absolute Gasteiger partial charge is 0.454 e. The van der Waals surface area contributed by atoms with Gasteiger partial charge in [0.2, 0.25) is 0 Å². The third-order valence-corrected chi connectivity index (χ3v) is 1.68. The zero-order valence-corrected chi connectivity index (χ0v) is 8.10. The quantitative estimate of drug-likeness (QED) is 0.488. The van der Waals surface area contributed by atoms with Crippen LogP contribution in [0.4, 0.5) is 0 Å². The molecule has 1 aliphatic heterocycles. The van der Waals surface area contributed by atoms with Crippen LogP contribution in [0.3, 0.4) is 0 Å². The van der Waals surface area contributed by atoms with E-state index in [1.165, 1.54) is 19.1 Å². The number of rotatable bonds is 2. The summed E-state index contributed by atoms with van der Waals surface area (Å²) in [7, 11) is 0. The van der Waals surface area contributed by atoms with Gasteiger partial charge in [-0.05, 0) is 19.1 Å². The molecule has 14 heavy (non-hydrogen) atoms. The maximum absolute atomic E-state index is 10.9. The zero-order valence-electron chi connectivity index (χ0n) is 8.10. The van der Waals surface area contributed by atoms with Gasteiger partial charge in [0.25, 0.3) is 0 Å². The molecule has 1 heterocycles. The van der Waals surface area contributed by atoms with E-state index in [1.807, 2.05) is 0 Å². The van der Waals surface area contributed by atoms with Gasteiger partial charge in [0, 0.05) is 13.0 Å². The molecule has 0 aromatic rings. The van der Waals surface area contributed by atoms with Crippen molar-refractivity contribution < 1.29 is 19.1 Å². The van der Waals surface area contributed by atoms with Crippen molar-refractivity contribution in [1.82, 2.24) is 0 Å². The average molecular weight is 196 g/mol. The van der Waals surface area contributed by atoms with Gasteiger partial charge in [-0.15, -0.1) is 0 Å². The lowest BCUT2D eigenvalue weighted by atomic mass is 10.1. The summed E-state index contributed by atoms with van der Waals surface area (Å²) in [6, 6.07) is 0. The lowest BCUT2D eigenvalue weighted by Gasteiger charge is -2.24. The van der Waals surface area contributed by atoms with Gasteiger partial charge in [-0.25, -0.2) is 4.79 Å². The Morgan fingerprint density at radius 2 is 2.36 bits per heavy atom. The molecule has 2 atom stereocenters. The molecule has 0 aromatic heterocycles. The Bertz CT molecular complexity index is 290. The van der Waals surface area contributed by atoms with Crippen LogP contribution in [0.1, 0.15) is 13.8 Å². The molecule has 4 nitrogen and oxygen atoms in total. The molecule has 2 unspecified atom stereocenters. The second-order valence-corrected chi connectivity index (χ2v) is 2.86. The first-order valence-corrected chi connectivity index (χ1v) is 4.32. The minimum Gasteiger partial charge on any atom is -0.454 e. The summed E-state index contributed by atoms with van der Waals surface area (Å²) in [6.45, 7) is 3.12. The molecule has 0 N–H and O–H groups in total. The molecule has 1 aliphatic rings. The van der Waals surface area contributed by atoms with Gasteiger partial charge in [-0.1, -0.05) is 6.08 Å². The summed E-state index contributed by atoms with van der Waals surface area (Å²) in [5.41, 5.74) is 0. The molecule has 0 amide bonds. The standard InChI is InChI=1S/C10H12O4/c1-3-4-8-9(13-7(2)11)5-6-10(12)14-8/h3-6,8-9H,1-2H3. The summed E-state index contributed by atoms with van der Waals surface area (Å²) in [5, 5.41) is 0. The van der Waals surface area contributed by atoms with Crippen LogP contribution in [-0.4, -0.2) is 24.1 Å². The smallest absolute Gasteiger partial charge is 0.331 e. The number of cyclic esters (lactones) is 1. The first-order valence-electron chi connectivity index (χ1n) is 4.32. The van der Waals surface area contributed by atoms with E-state index in [0.29, 0.717) is 0 Å². The number of ether oxygens (including phenoxy) is 2. The van der Waals surface area contributed by atoms with Gasteiger partial charge >= 0.3 is 11.9 Å². The highest BCUT2D eigenvalue weighted by molar-refractivity contribution is 5.83. The van der Waals surface area contributed by atoms with Crippen LogP contribution in [0.15, 0.2) is 24.3 Å². The Hall–Kier alpha value is -1.58. The summed E-state index contributed by atoms with van der Waals surface area (Å²) in [5.74, 6) is -0.816. The Labute approximate surface area is 82.2 Å². The normalized spacial score (nSPS) is 26.3. The summed E-state index contributed by atoms with van der Waals surface area (Å²) in [6.07, 6.45) is 5.18. The molecule has 0 aliphatic carbocycles. The second-order valence-electron chi connectivity index (χ2n) is 2.86. The van der Waals surface area contributed by atoms with E-state index >= 15 is 0 Å². The fraction of sp³-hybridized carbons (Fsp3) is 0.400. The molecule has 0 fully saturated rings. The first-order chi connectivity index (χ1) is 6.63. The molecule has 0 bridgehead atoms. The van der Waals surface area contributed by atoms with E-state index in [9.17, 15) is 9.59 Å². The highest BCUT2D eigenvalue weighted by Crippen LogP contribution is 2.13. The van der Waals surface area contributed by atoms with E-state index in [0.717, 1.165) is 0 Å². The first kappa shape index (κ1) is 10.5. The fourth-order valence-corrected chi connectivity index (χ4v) is 1.16. The van der Waals surface area contributed by atoms with Crippen molar-refractivity contribution in [3.05, 3.63) is 24.3 Å². The molecule has 4 heteroatoms. The third-order valence-electron chi connectivity index (χ3n) is 1.68. The Balaban J connectivity index is 2.73. The van der Waals surface area contributed by atoms with E-state index in [-0.39, 0.29) is 0 Å². The lowest BCUT2D eigenvalue weighted by molar-refractivity contribution is -0.158. The van der Waals surface area contributed by atoms with E-state index in [1.54, 1.807) is 19.1 Å². The molecule has 1 rings (SSSR count). The Kier molecular flexibility index (Phi) is 3.45. The third kappa shape index (κ3) is 2.73. The summed E-state index contributed by atoms with van der Waals surface area (Å²) >= 11 is 0. The lowest BCUT2D eigenvalue weighted by Crippen LogP contribution is -2.34. The molecule has 0 saturated heterocycles. The highest BCUT2D eigenvalue weighted by Gasteiger charge is 2.26. The van der Waals surface area contributed by atoms with Gasteiger partial charge in [-0.3, -0.25) is 4.79 Å². The summed E-state index contributed by atoms with van der Waals surface area (Å²) < 4.78 is 9.90. The van der Waals surface area contributed by atoms with Crippen LogP contribution in [0.5, 0.6) is 0 Å². The summed E-state index contributed by atoms with van der Waals surface area (Å²) in [4.78, 5) is 21.6. The number of carbonyl (C=O) groups is 2. The number of allylic oxidation sites excluding steroid dienone is 1. The highest BCUT2D eigenvalue weighted by atomic mass is 16.6. The van der Waals surface area contributed by atoms with Crippen molar-refractivity contribution in [2.75, 3.05) is 0 Å². The van der Waals surface area contributed by atoms with Crippen LogP contribution in [0.25, 0.3) is 0 Å².